The largest absolute Gasteiger partial charge is 0.394 e. The van der Waals surface area contributed by atoms with Gasteiger partial charge in [0, 0.05) is 17.8 Å². The molecule has 4 atom stereocenters. The standard InChI is InChI=1S/C23H24N2O5/c26-14-21(28)23(30)22(29)20(27)13-25-17-9-6-15(7-10-17)5-8-16-11-12-24-19-4-2-1-3-18(16)19/h1-13,20-23,26-30H,14H2/b8-5-,25-13?/t20-,21-,22+,23-/m0/s1. The van der Waals surface area contributed by atoms with E-state index in [1.54, 1.807) is 18.3 Å². The van der Waals surface area contributed by atoms with Crippen molar-refractivity contribution in [1.29, 1.82) is 0 Å². The summed E-state index contributed by atoms with van der Waals surface area (Å²) in [5.41, 5.74) is 3.49. The summed E-state index contributed by atoms with van der Waals surface area (Å²) in [5, 5.41) is 48.5. The second kappa shape index (κ2) is 10.2. The highest BCUT2D eigenvalue weighted by molar-refractivity contribution is 5.90. The third-order valence-corrected chi connectivity index (χ3v) is 4.69. The Morgan fingerprint density at radius 1 is 0.867 bits per heavy atom. The van der Waals surface area contributed by atoms with Crippen LogP contribution in [0.15, 0.2) is 65.8 Å². The lowest BCUT2D eigenvalue weighted by atomic mass is 10.0. The summed E-state index contributed by atoms with van der Waals surface area (Å²) in [4.78, 5) is 8.42. The van der Waals surface area contributed by atoms with Crippen LogP contribution in [0.4, 0.5) is 5.69 Å². The molecular weight excluding hydrogens is 384 g/mol. The molecule has 1 aromatic heterocycles. The molecule has 30 heavy (non-hydrogen) atoms. The summed E-state index contributed by atoms with van der Waals surface area (Å²) >= 11 is 0. The van der Waals surface area contributed by atoms with Crippen LogP contribution in [0.2, 0.25) is 0 Å². The molecule has 0 aliphatic carbocycles. The van der Waals surface area contributed by atoms with E-state index in [0.717, 1.165) is 28.2 Å². The van der Waals surface area contributed by atoms with Crippen LogP contribution in [0.1, 0.15) is 11.1 Å². The summed E-state index contributed by atoms with van der Waals surface area (Å²) < 4.78 is 0. The molecule has 1 heterocycles. The zero-order valence-corrected chi connectivity index (χ0v) is 16.2. The second-order valence-corrected chi connectivity index (χ2v) is 6.84. The average molecular weight is 408 g/mol. The lowest BCUT2D eigenvalue weighted by Gasteiger charge is -2.23. The number of benzene rings is 2. The molecule has 3 rings (SSSR count). The minimum absolute atomic E-state index is 0.546. The van der Waals surface area contributed by atoms with Gasteiger partial charge in [-0.2, -0.15) is 0 Å². The molecule has 5 N–H and O–H groups in total. The number of hydrogen-bond acceptors (Lipinski definition) is 7. The zero-order chi connectivity index (χ0) is 21.5. The van der Waals surface area contributed by atoms with Gasteiger partial charge in [-0.3, -0.25) is 9.98 Å². The molecule has 0 aliphatic rings. The van der Waals surface area contributed by atoms with Gasteiger partial charge in [-0.15, -0.1) is 0 Å². The van der Waals surface area contributed by atoms with Crippen molar-refractivity contribution in [2.75, 3.05) is 6.61 Å². The highest BCUT2D eigenvalue weighted by Crippen LogP contribution is 2.20. The van der Waals surface area contributed by atoms with E-state index in [1.165, 1.54) is 0 Å². The maximum Gasteiger partial charge on any atom is 0.118 e. The van der Waals surface area contributed by atoms with Crippen LogP contribution >= 0.6 is 0 Å². The fourth-order valence-electron chi connectivity index (χ4n) is 2.91. The Bertz CT molecular complexity index is 1010. The molecule has 0 aliphatic heterocycles. The number of aliphatic hydroxyl groups is 5. The molecule has 3 aromatic rings. The van der Waals surface area contributed by atoms with E-state index in [4.69, 9.17) is 5.11 Å². The number of rotatable bonds is 8. The van der Waals surface area contributed by atoms with Gasteiger partial charge >= 0.3 is 0 Å². The van der Waals surface area contributed by atoms with Gasteiger partial charge < -0.3 is 25.5 Å². The summed E-state index contributed by atoms with van der Waals surface area (Å²) in [6, 6.07) is 17.1. The Hall–Kier alpha value is -2.94. The second-order valence-electron chi connectivity index (χ2n) is 6.84. The Morgan fingerprint density at radius 3 is 2.33 bits per heavy atom. The monoisotopic (exact) mass is 408 g/mol. The van der Waals surface area contributed by atoms with Gasteiger partial charge in [-0.25, -0.2) is 0 Å². The van der Waals surface area contributed by atoms with E-state index in [-0.39, 0.29) is 0 Å². The third-order valence-electron chi connectivity index (χ3n) is 4.69. The summed E-state index contributed by atoms with van der Waals surface area (Å²) in [5.74, 6) is 0. The minimum Gasteiger partial charge on any atom is -0.394 e. The normalized spacial score (nSPS) is 16.2. The molecule has 156 valence electrons. The molecule has 0 radical (unpaired) electrons. The van der Waals surface area contributed by atoms with Gasteiger partial charge in [0.2, 0.25) is 0 Å². The first-order valence-electron chi connectivity index (χ1n) is 9.49. The van der Waals surface area contributed by atoms with Gasteiger partial charge in [0.1, 0.15) is 24.4 Å². The van der Waals surface area contributed by atoms with Gasteiger partial charge in [0.15, 0.2) is 0 Å². The molecule has 0 amide bonds. The summed E-state index contributed by atoms with van der Waals surface area (Å²) in [7, 11) is 0. The first kappa shape index (κ1) is 21.8. The van der Waals surface area contributed by atoms with Gasteiger partial charge in [-0.1, -0.05) is 42.5 Å². The quantitative estimate of drug-likeness (QED) is 0.360. The van der Waals surface area contributed by atoms with Crippen molar-refractivity contribution < 1.29 is 25.5 Å². The first-order valence-corrected chi connectivity index (χ1v) is 9.49. The van der Waals surface area contributed by atoms with E-state index in [9.17, 15) is 20.4 Å². The first-order chi connectivity index (χ1) is 14.5. The van der Waals surface area contributed by atoms with Crippen LogP contribution < -0.4 is 0 Å². The number of fused-ring (bicyclic) bond motifs is 1. The lowest BCUT2D eigenvalue weighted by molar-refractivity contribution is -0.0999. The van der Waals surface area contributed by atoms with Crippen LogP contribution in [-0.4, -0.2) is 67.8 Å². The van der Waals surface area contributed by atoms with Crippen LogP contribution in [0, 0.1) is 0 Å². The van der Waals surface area contributed by atoms with Crippen molar-refractivity contribution >= 4 is 35.0 Å². The number of para-hydroxylation sites is 1. The number of hydrogen-bond donors (Lipinski definition) is 5. The van der Waals surface area contributed by atoms with Crippen LogP contribution in [0.3, 0.4) is 0 Å². The van der Waals surface area contributed by atoms with E-state index < -0.39 is 31.0 Å². The predicted molar refractivity (Wildman–Crippen MR) is 116 cm³/mol. The maximum absolute atomic E-state index is 9.88. The van der Waals surface area contributed by atoms with Crippen LogP contribution in [0.25, 0.3) is 23.1 Å². The smallest absolute Gasteiger partial charge is 0.118 e. The number of aliphatic hydroxyl groups excluding tert-OH is 5. The van der Waals surface area contributed by atoms with E-state index >= 15 is 0 Å². The molecule has 0 bridgehead atoms. The van der Waals surface area contributed by atoms with E-state index in [0.29, 0.717) is 5.69 Å². The fourth-order valence-corrected chi connectivity index (χ4v) is 2.91. The Morgan fingerprint density at radius 2 is 1.60 bits per heavy atom. The predicted octanol–water partition coefficient (Wildman–Crippen LogP) is 1.54. The number of pyridine rings is 1. The van der Waals surface area contributed by atoms with Crippen LogP contribution in [-0.2, 0) is 0 Å². The molecule has 7 heteroatoms. The highest BCUT2D eigenvalue weighted by Gasteiger charge is 2.29. The van der Waals surface area contributed by atoms with Gasteiger partial charge in [0.25, 0.3) is 0 Å². The van der Waals surface area contributed by atoms with Crippen molar-refractivity contribution in [1.82, 2.24) is 4.98 Å². The van der Waals surface area contributed by atoms with Gasteiger partial charge in [0.05, 0.1) is 17.8 Å². The van der Waals surface area contributed by atoms with E-state index in [1.807, 2.05) is 54.6 Å². The molecule has 0 fully saturated rings. The minimum atomic E-state index is -1.69. The number of aliphatic imine (C=N–C) groups is 1. The third kappa shape index (κ3) is 5.35. The molecule has 0 saturated carbocycles. The SMILES string of the molecule is OC[C@H](O)[C@H](O)[C@H](O)[C@@H](O)C=Nc1ccc(/C=C\c2ccnc3ccccc23)cc1. The Labute approximate surface area is 173 Å². The Balaban J connectivity index is 1.66. The van der Waals surface area contributed by atoms with Gasteiger partial charge in [-0.05, 0) is 35.4 Å². The Kier molecular flexibility index (Phi) is 7.40. The summed E-state index contributed by atoms with van der Waals surface area (Å²) in [6.07, 6.45) is 0.424. The van der Waals surface area contributed by atoms with Crippen LogP contribution in [0.5, 0.6) is 0 Å². The van der Waals surface area contributed by atoms with Crippen molar-refractivity contribution in [3.63, 3.8) is 0 Å². The zero-order valence-electron chi connectivity index (χ0n) is 16.2. The average Bonchev–Trinajstić information content (AvgIpc) is 2.80. The molecule has 0 saturated heterocycles. The maximum atomic E-state index is 9.88. The molecular formula is C23H24N2O5. The van der Waals surface area contributed by atoms with Crippen molar-refractivity contribution in [3.8, 4) is 0 Å². The van der Waals surface area contributed by atoms with E-state index in [2.05, 4.69) is 9.98 Å². The lowest BCUT2D eigenvalue weighted by Crippen LogP contribution is -2.46. The molecule has 0 unspecified atom stereocenters. The summed E-state index contributed by atoms with van der Waals surface area (Å²) in [6.45, 7) is -0.730. The molecule has 0 spiro atoms. The number of aromatic nitrogens is 1. The topological polar surface area (TPSA) is 126 Å². The van der Waals surface area contributed by atoms with Crippen molar-refractivity contribution in [2.45, 2.75) is 24.4 Å². The number of nitrogens with zero attached hydrogens (tertiary/aromatic N) is 2. The fraction of sp³-hybridized carbons (Fsp3) is 0.217. The van der Waals surface area contributed by atoms with Crippen molar-refractivity contribution in [2.24, 2.45) is 4.99 Å². The highest BCUT2D eigenvalue weighted by atomic mass is 16.4. The molecule has 2 aromatic carbocycles. The van der Waals surface area contributed by atoms with Crippen molar-refractivity contribution in [3.05, 3.63) is 71.9 Å². The molecule has 7 nitrogen and oxygen atoms in total.